The first-order chi connectivity index (χ1) is 13.8. The van der Waals surface area contributed by atoms with Crippen LogP contribution in [0.15, 0.2) is 94.8 Å². The summed E-state index contributed by atoms with van der Waals surface area (Å²) in [6, 6.07) is 23.3. The van der Waals surface area contributed by atoms with Gasteiger partial charge in [0.1, 0.15) is 0 Å². The number of nitrogens with one attached hydrogen (secondary N) is 1. The van der Waals surface area contributed by atoms with Gasteiger partial charge in [-0.05, 0) is 54.1 Å². The third-order valence-corrected chi connectivity index (χ3v) is 4.49. The molecule has 0 aliphatic carbocycles. The van der Waals surface area contributed by atoms with Crippen LogP contribution in [0.1, 0.15) is 5.56 Å². The zero-order chi connectivity index (χ0) is 19.2. The van der Waals surface area contributed by atoms with Crippen molar-refractivity contribution in [3.63, 3.8) is 0 Å². The number of anilines is 1. The van der Waals surface area contributed by atoms with Crippen molar-refractivity contribution in [1.29, 1.82) is 0 Å². The highest BCUT2D eigenvalue weighted by molar-refractivity contribution is 9.10. The maximum absolute atomic E-state index is 4.73. The number of pyridine rings is 3. The van der Waals surface area contributed by atoms with E-state index in [1.165, 1.54) is 0 Å². The Kier molecular flexibility index (Phi) is 5.49. The highest BCUT2D eigenvalue weighted by atomic mass is 79.9. The lowest BCUT2D eigenvalue weighted by Gasteiger charge is -2.08. The van der Waals surface area contributed by atoms with E-state index in [1.807, 2.05) is 72.8 Å². The van der Waals surface area contributed by atoms with Gasteiger partial charge in [-0.1, -0.05) is 40.2 Å². The minimum atomic E-state index is 0.755. The van der Waals surface area contributed by atoms with Gasteiger partial charge in [0.05, 0.1) is 34.7 Å². The standard InChI is InChI=1S/C22H16BrN5/c23-17-9-7-16(8-10-17)15-26-28-18-13-21(19-5-1-3-11-24-19)27-22(14-18)20-6-2-4-12-25-20/h1-15H,(H,27,28)/b26-15+. The number of hydrogen-bond acceptors (Lipinski definition) is 5. The number of hydrogen-bond donors (Lipinski definition) is 1. The molecule has 4 rings (SSSR count). The third-order valence-electron chi connectivity index (χ3n) is 3.96. The van der Waals surface area contributed by atoms with Crippen LogP contribution in [0.5, 0.6) is 0 Å². The molecule has 4 aromatic rings. The second-order valence-electron chi connectivity index (χ2n) is 5.98. The van der Waals surface area contributed by atoms with Gasteiger partial charge in [0.25, 0.3) is 0 Å². The number of nitrogens with zero attached hydrogens (tertiary/aromatic N) is 4. The lowest BCUT2D eigenvalue weighted by atomic mass is 10.1. The second kappa shape index (κ2) is 8.54. The van der Waals surface area contributed by atoms with Crippen molar-refractivity contribution in [2.45, 2.75) is 0 Å². The Morgan fingerprint density at radius 3 is 1.89 bits per heavy atom. The average Bonchev–Trinajstić information content (AvgIpc) is 2.76. The van der Waals surface area contributed by atoms with E-state index in [2.05, 4.69) is 36.4 Å². The topological polar surface area (TPSA) is 63.1 Å². The van der Waals surface area contributed by atoms with Gasteiger partial charge in [0.2, 0.25) is 0 Å². The Bertz CT molecular complexity index is 1020. The molecular formula is C22H16BrN5. The van der Waals surface area contributed by atoms with Crippen LogP contribution in [0.3, 0.4) is 0 Å². The maximum atomic E-state index is 4.73. The Hall–Kier alpha value is -3.38. The predicted molar refractivity (Wildman–Crippen MR) is 116 cm³/mol. The number of hydrazone groups is 1. The van der Waals surface area contributed by atoms with Crippen LogP contribution in [0.4, 0.5) is 5.69 Å². The first-order valence-corrected chi connectivity index (χ1v) is 9.47. The van der Waals surface area contributed by atoms with Gasteiger partial charge in [-0.15, -0.1) is 0 Å². The minimum Gasteiger partial charge on any atom is -0.278 e. The van der Waals surface area contributed by atoms with E-state index >= 15 is 0 Å². The molecule has 6 heteroatoms. The molecule has 0 saturated heterocycles. The summed E-state index contributed by atoms with van der Waals surface area (Å²) in [4.78, 5) is 13.5. The van der Waals surface area contributed by atoms with Gasteiger partial charge in [-0.3, -0.25) is 15.4 Å². The lowest BCUT2D eigenvalue weighted by Crippen LogP contribution is -1.97. The van der Waals surface area contributed by atoms with E-state index in [1.54, 1.807) is 18.6 Å². The van der Waals surface area contributed by atoms with Gasteiger partial charge < -0.3 is 0 Å². The molecule has 5 nitrogen and oxygen atoms in total. The molecule has 0 fully saturated rings. The van der Waals surface area contributed by atoms with Crippen LogP contribution >= 0.6 is 15.9 Å². The summed E-state index contributed by atoms with van der Waals surface area (Å²) in [5.41, 5.74) is 7.99. The average molecular weight is 430 g/mol. The smallest absolute Gasteiger partial charge is 0.0915 e. The highest BCUT2D eigenvalue weighted by Crippen LogP contribution is 2.25. The number of rotatable bonds is 5. The molecule has 0 aliphatic heterocycles. The Labute approximate surface area is 171 Å². The molecule has 0 bridgehead atoms. The molecule has 0 radical (unpaired) electrons. The van der Waals surface area contributed by atoms with Gasteiger partial charge in [-0.2, -0.15) is 5.10 Å². The fourth-order valence-electron chi connectivity index (χ4n) is 2.62. The van der Waals surface area contributed by atoms with Crippen molar-refractivity contribution >= 4 is 27.8 Å². The summed E-state index contributed by atoms with van der Waals surface area (Å²) >= 11 is 3.43. The molecule has 0 unspecified atom stereocenters. The Morgan fingerprint density at radius 1 is 0.750 bits per heavy atom. The van der Waals surface area contributed by atoms with E-state index in [0.717, 1.165) is 38.5 Å². The zero-order valence-corrected chi connectivity index (χ0v) is 16.4. The van der Waals surface area contributed by atoms with Crippen LogP contribution < -0.4 is 5.43 Å². The summed E-state index contributed by atoms with van der Waals surface area (Å²) in [7, 11) is 0. The Morgan fingerprint density at radius 2 is 1.36 bits per heavy atom. The van der Waals surface area contributed by atoms with Crippen LogP contribution in [0, 0.1) is 0 Å². The van der Waals surface area contributed by atoms with Gasteiger partial charge >= 0.3 is 0 Å². The van der Waals surface area contributed by atoms with Crippen LogP contribution in [-0.4, -0.2) is 21.2 Å². The van der Waals surface area contributed by atoms with E-state index < -0.39 is 0 Å². The fraction of sp³-hybridized carbons (Fsp3) is 0. The largest absolute Gasteiger partial charge is 0.278 e. The molecule has 1 aromatic carbocycles. The molecule has 3 aromatic heterocycles. The predicted octanol–water partition coefficient (Wildman–Crippen LogP) is 5.41. The third kappa shape index (κ3) is 4.47. The summed E-state index contributed by atoms with van der Waals surface area (Å²) in [6.45, 7) is 0. The molecule has 0 saturated carbocycles. The molecule has 0 amide bonds. The summed E-state index contributed by atoms with van der Waals surface area (Å²) in [5, 5.41) is 4.35. The van der Waals surface area contributed by atoms with E-state index in [0.29, 0.717) is 0 Å². The highest BCUT2D eigenvalue weighted by Gasteiger charge is 2.08. The molecular weight excluding hydrogens is 414 g/mol. The SMILES string of the molecule is Brc1ccc(/C=N/Nc2cc(-c3ccccn3)nc(-c3ccccn3)c2)cc1. The molecule has 136 valence electrons. The summed E-state index contributed by atoms with van der Waals surface area (Å²) in [6.07, 6.45) is 5.28. The van der Waals surface area contributed by atoms with Crippen LogP contribution in [0.25, 0.3) is 22.8 Å². The Balaban J connectivity index is 1.66. The van der Waals surface area contributed by atoms with Gasteiger partial charge in [-0.25, -0.2) is 4.98 Å². The summed E-state index contributed by atoms with van der Waals surface area (Å²) < 4.78 is 1.03. The first-order valence-electron chi connectivity index (χ1n) is 8.67. The lowest BCUT2D eigenvalue weighted by molar-refractivity contribution is 1.21. The molecule has 3 heterocycles. The minimum absolute atomic E-state index is 0.755. The van der Waals surface area contributed by atoms with E-state index in [-0.39, 0.29) is 0 Å². The second-order valence-corrected chi connectivity index (χ2v) is 6.89. The van der Waals surface area contributed by atoms with E-state index in [4.69, 9.17) is 4.98 Å². The molecule has 1 N–H and O–H groups in total. The van der Waals surface area contributed by atoms with E-state index in [9.17, 15) is 0 Å². The van der Waals surface area contributed by atoms with Crippen LogP contribution in [-0.2, 0) is 0 Å². The number of halogens is 1. The van der Waals surface area contributed by atoms with Crippen molar-refractivity contribution in [3.05, 3.63) is 95.2 Å². The van der Waals surface area contributed by atoms with Crippen molar-refractivity contribution in [3.8, 4) is 22.8 Å². The first kappa shape index (κ1) is 18.0. The normalized spacial score (nSPS) is 10.9. The van der Waals surface area contributed by atoms with Crippen molar-refractivity contribution in [2.24, 2.45) is 5.10 Å². The summed E-state index contributed by atoms with van der Waals surface area (Å²) in [5.74, 6) is 0. The van der Waals surface area contributed by atoms with Crippen molar-refractivity contribution in [1.82, 2.24) is 15.0 Å². The van der Waals surface area contributed by atoms with Crippen LogP contribution in [0.2, 0.25) is 0 Å². The quantitative estimate of drug-likeness (QED) is 0.340. The van der Waals surface area contributed by atoms with Crippen molar-refractivity contribution < 1.29 is 0 Å². The maximum Gasteiger partial charge on any atom is 0.0915 e. The van der Waals surface area contributed by atoms with Gasteiger partial charge in [0, 0.05) is 16.9 Å². The monoisotopic (exact) mass is 429 g/mol. The molecule has 0 spiro atoms. The van der Waals surface area contributed by atoms with Crippen molar-refractivity contribution in [2.75, 3.05) is 5.43 Å². The van der Waals surface area contributed by atoms with Gasteiger partial charge in [0.15, 0.2) is 0 Å². The zero-order valence-electron chi connectivity index (χ0n) is 14.8. The molecule has 0 aliphatic rings. The number of benzene rings is 1. The number of aromatic nitrogens is 3. The molecule has 0 atom stereocenters. The molecule has 28 heavy (non-hydrogen) atoms. The fourth-order valence-corrected chi connectivity index (χ4v) is 2.88.